The molecule has 0 atom stereocenters. The molecule has 0 aliphatic carbocycles. The summed E-state index contributed by atoms with van der Waals surface area (Å²) in [5.41, 5.74) is 1.91. The van der Waals surface area contributed by atoms with Gasteiger partial charge in [0.25, 0.3) is 5.91 Å². The highest BCUT2D eigenvalue weighted by molar-refractivity contribution is 5.93. The molecule has 146 valence electrons. The van der Waals surface area contributed by atoms with Crippen LogP contribution in [0.2, 0.25) is 0 Å². The van der Waals surface area contributed by atoms with Crippen LogP contribution in [0, 0.1) is 0 Å². The second-order valence-corrected chi connectivity index (χ2v) is 5.85. The van der Waals surface area contributed by atoms with Crippen molar-refractivity contribution in [3.05, 3.63) is 48.4 Å². The summed E-state index contributed by atoms with van der Waals surface area (Å²) in [6, 6.07) is 12.3. The predicted octanol–water partition coefficient (Wildman–Crippen LogP) is 2.96. The van der Waals surface area contributed by atoms with Gasteiger partial charge in [-0.05, 0) is 24.3 Å². The number of anilines is 1. The number of hydrogen-bond acceptors (Lipinski definition) is 7. The van der Waals surface area contributed by atoms with Gasteiger partial charge in [0.2, 0.25) is 0 Å². The first-order valence-corrected chi connectivity index (χ1v) is 8.61. The van der Waals surface area contributed by atoms with Crippen molar-refractivity contribution < 1.29 is 28.2 Å². The van der Waals surface area contributed by atoms with Crippen LogP contribution < -0.4 is 14.8 Å². The number of hydrogen-bond donors (Lipinski definition) is 1. The van der Waals surface area contributed by atoms with Crippen LogP contribution in [-0.2, 0) is 20.7 Å². The molecule has 8 heteroatoms. The zero-order chi connectivity index (χ0) is 19.9. The SMILES string of the molecule is COc1ccc(NC(=O)COC(=O)CCc2nc3ccccc3o2)cc1OC. The Morgan fingerprint density at radius 3 is 2.61 bits per heavy atom. The number of nitrogens with zero attached hydrogens (tertiary/aromatic N) is 1. The fraction of sp³-hybridized carbons (Fsp3) is 0.250. The minimum absolute atomic E-state index is 0.0659. The summed E-state index contributed by atoms with van der Waals surface area (Å²) in [6.07, 6.45) is 0.362. The molecule has 0 spiro atoms. The van der Waals surface area contributed by atoms with E-state index in [4.69, 9.17) is 18.6 Å². The van der Waals surface area contributed by atoms with Crippen molar-refractivity contribution in [1.29, 1.82) is 0 Å². The van der Waals surface area contributed by atoms with Gasteiger partial charge in [0.15, 0.2) is 29.6 Å². The second-order valence-electron chi connectivity index (χ2n) is 5.85. The highest BCUT2D eigenvalue weighted by Gasteiger charge is 2.12. The molecule has 1 heterocycles. The van der Waals surface area contributed by atoms with Gasteiger partial charge in [0.05, 0.1) is 20.6 Å². The number of para-hydroxylation sites is 2. The molecule has 0 fully saturated rings. The van der Waals surface area contributed by atoms with Crippen LogP contribution in [0.5, 0.6) is 11.5 Å². The number of fused-ring (bicyclic) bond motifs is 1. The Kier molecular flexibility index (Phi) is 6.11. The van der Waals surface area contributed by atoms with E-state index in [1.54, 1.807) is 18.2 Å². The summed E-state index contributed by atoms with van der Waals surface area (Å²) in [6.45, 7) is -0.388. The van der Waals surface area contributed by atoms with Crippen molar-refractivity contribution in [1.82, 2.24) is 4.98 Å². The molecule has 1 amide bonds. The van der Waals surface area contributed by atoms with Gasteiger partial charge >= 0.3 is 5.97 Å². The predicted molar refractivity (Wildman–Crippen MR) is 101 cm³/mol. The van der Waals surface area contributed by atoms with Gasteiger partial charge in [-0.15, -0.1) is 0 Å². The number of nitrogens with one attached hydrogen (secondary N) is 1. The van der Waals surface area contributed by atoms with E-state index in [0.717, 1.165) is 5.52 Å². The number of aromatic nitrogens is 1. The maximum atomic E-state index is 12.0. The summed E-state index contributed by atoms with van der Waals surface area (Å²) < 4.78 is 20.9. The first-order valence-electron chi connectivity index (χ1n) is 8.61. The smallest absolute Gasteiger partial charge is 0.306 e. The average molecular weight is 384 g/mol. The number of rotatable bonds is 8. The number of amides is 1. The van der Waals surface area contributed by atoms with Crippen LogP contribution in [-0.4, -0.2) is 37.7 Å². The minimum atomic E-state index is -0.510. The third-order valence-corrected chi connectivity index (χ3v) is 3.91. The molecule has 3 rings (SSSR count). The zero-order valence-electron chi connectivity index (χ0n) is 15.6. The van der Waals surface area contributed by atoms with Gasteiger partial charge in [-0.2, -0.15) is 0 Å². The van der Waals surface area contributed by atoms with Gasteiger partial charge in [-0.25, -0.2) is 4.98 Å². The summed E-state index contributed by atoms with van der Waals surface area (Å²) >= 11 is 0. The number of esters is 1. The molecular formula is C20H20N2O6. The van der Waals surface area contributed by atoms with Crippen LogP contribution in [0.4, 0.5) is 5.69 Å². The molecule has 0 unspecified atom stereocenters. The Morgan fingerprint density at radius 2 is 1.86 bits per heavy atom. The maximum Gasteiger partial charge on any atom is 0.306 e. The molecule has 0 radical (unpaired) electrons. The molecule has 0 saturated heterocycles. The molecule has 8 nitrogen and oxygen atoms in total. The van der Waals surface area contributed by atoms with Crippen LogP contribution in [0.15, 0.2) is 46.9 Å². The van der Waals surface area contributed by atoms with E-state index < -0.39 is 11.9 Å². The average Bonchev–Trinajstić information content (AvgIpc) is 3.13. The normalized spacial score (nSPS) is 10.5. The van der Waals surface area contributed by atoms with E-state index in [0.29, 0.717) is 35.1 Å². The first kappa shape index (κ1) is 19.2. The van der Waals surface area contributed by atoms with Crippen molar-refractivity contribution in [3.8, 4) is 11.5 Å². The van der Waals surface area contributed by atoms with Crippen LogP contribution in [0.25, 0.3) is 11.1 Å². The minimum Gasteiger partial charge on any atom is -0.493 e. The zero-order valence-corrected chi connectivity index (χ0v) is 15.6. The lowest BCUT2D eigenvalue weighted by Gasteiger charge is -2.10. The summed E-state index contributed by atoms with van der Waals surface area (Å²) in [5, 5.41) is 2.63. The summed E-state index contributed by atoms with van der Waals surface area (Å²) in [4.78, 5) is 28.1. The Labute approximate surface area is 161 Å². The van der Waals surface area contributed by atoms with Gasteiger partial charge in [0.1, 0.15) is 5.52 Å². The van der Waals surface area contributed by atoms with E-state index >= 15 is 0 Å². The number of methoxy groups -OCH3 is 2. The third kappa shape index (κ3) is 4.79. The Balaban J connectivity index is 1.45. The van der Waals surface area contributed by atoms with E-state index in [2.05, 4.69) is 10.3 Å². The van der Waals surface area contributed by atoms with E-state index in [1.165, 1.54) is 14.2 Å². The summed E-state index contributed by atoms with van der Waals surface area (Å²) in [7, 11) is 3.03. The van der Waals surface area contributed by atoms with E-state index in [9.17, 15) is 9.59 Å². The molecule has 2 aromatic carbocycles. The fourth-order valence-electron chi connectivity index (χ4n) is 2.57. The van der Waals surface area contributed by atoms with E-state index in [1.807, 2.05) is 24.3 Å². The lowest BCUT2D eigenvalue weighted by atomic mass is 10.2. The third-order valence-electron chi connectivity index (χ3n) is 3.91. The molecule has 3 aromatic rings. The summed E-state index contributed by atoms with van der Waals surface area (Å²) in [5.74, 6) is 0.516. The molecular weight excluding hydrogens is 364 g/mol. The topological polar surface area (TPSA) is 99.9 Å². The molecule has 28 heavy (non-hydrogen) atoms. The number of benzene rings is 2. The maximum absolute atomic E-state index is 12.0. The first-order chi connectivity index (χ1) is 13.6. The highest BCUT2D eigenvalue weighted by atomic mass is 16.5. The number of ether oxygens (including phenoxy) is 3. The molecule has 1 N–H and O–H groups in total. The fourth-order valence-corrected chi connectivity index (χ4v) is 2.57. The van der Waals surface area contributed by atoms with Crippen molar-refractivity contribution in [2.24, 2.45) is 0 Å². The molecule has 0 bridgehead atoms. The van der Waals surface area contributed by atoms with Gasteiger partial charge in [-0.1, -0.05) is 12.1 Å². The number of carbonyl (C=O) groups excluding carboxylic acids is 2. The largest absolute Gasteiger partial charge is 0.493 e. The number of oxazole rings is 1. The van der Waals surface area contributed by atoms with Crippen molar-refractivity contribution in [2.45, 2.75) is 12.8 Å². The van der Waals surface area contributed by atoms with Crippen LogP contribution >= 0.6 is 0 Å². The quantitative estimate of drug-likeness (QED) is 0.596. The number of aryl methyl sites for hydroxylation is 1. The van der Waals surface area contributed by atoms with Crippen molar-refractivity contribution in [3.63, 3.8) is 0 Å². The molecule has 0 aliphatic rings. The van der Waals surface area contributed by atoms with E-state index in [-0.39, 0.29) is 13.0 Å². The van der Waals surface area contributed by atoms with Crippen LogP contribution in [0.1, 0.15) is 12.3 Å². The van der Waals surface area contributed by atoms with Crippen molar-refractivity contribution in [2.75, 3.05) is 26.1 Å². The number of carbonyl (C=O) groups is 2. The highest BCUT2D eigenvalue weighted by Crippen LogP contribution is 2.29. The Bertz CT molecular complexity index is 949. The van der Waals surface area contributed by atoms with Gasteiger partial charge < -0.3 is 23.9 Å². The van der Waals surface area contributed by atoms with Gasteiger partial charge in [-0.3, -0.25) is 9.59 Å². The van der Waals surface area contributed by atoms with Crippen molar-refractivity contribution >= 4 is 28.7 Å². The molecule has 0 saturated carbocycles. The monoisotopic (exact) mass is 384 g/mol. The molecule has 1 aromatic heterocycles. The van der Waals surface area contributed by atoms with Crippen LogP contribution in [0.3, 0.4) is 0 Å². The van der Waals surface area contributed by atoms with Gasteiger partial charge in [0, 0.05) is 18.2 Å². The Hall–Kier alpha value is -3.55. The molecule has 0 aliphatic heterocycles. The lowest BCUT2D eigenvalue weighted by Crippen LogP contribution is -2.21. The standard InChI is InChI=1S/C20H20N2O6/c1-25-16-8-7-13(11-17(16)26-2)21-18(23)12-27-20(24)10-9-19-22-14-5-3-4-6-15(14)28-19/h3-8,11H,9-10,12H2,1-2H3,(H,21,23). The lowest BCUT2D eigenvalue weighted by molar-refractivity contribution is -0.147. The Morgan fingerprint density at radius 1 is 1.07 bits per heavy atom. The second kappa shape index (κ2) is 8.90.